The highest BCUT2D eigenvalue weighted by Crippen LogP contribution is 2.52. The number of hydrogen-bond donors (Lipinski definition) is 0. The van der Waals surface area contributed by atoms with E-state index in [0.717, 1.165) is 17.4 Å². The molecule has 5 atom stereocenters. The highest BCUT2D eigenvalue weighted by molar-refractivity contribution is 6.30. The zero-order valence-corrected chi connectivity index (χ0v) is 20.4. The van der Waals surface area contributed by atoms with Crippen LogP contribution in [0.5, 0.6) is 0 Å². The zero-order chi connectivity index (χ0) is 23.5. The van der Waals surface area contributed by atoms with Crippen molar-refractivity contribution in [2.45, 2.75) is 58.0 Å². The van der Waals surface area contributed by atoms with E-state index < -0.39 is 5.41 Å². The van der Waals surface area contributed by atoms with Crippen molar-refractivity contribution in [1.29, 1.82) is 0 Å². The van der Waals surface area contributed by atoms with Crippen molar-refractivity contribution in [3.63, 3.8) is 0 Å². The van der Waals surface area contributed by atoms with Crippen molar-refractivity contribution in [2.75, 3.05) is 0 Å². The van der Waals surface area contributed by atoms with E-state index in [-0.39, 0.29) is 29.8 Å². The summed E-state index contributed by atoms with van der Waals surface area (Å²) in [5.74, 6) is -0.216. The molecule has 0 aliphatic carbocycles. The van der Waals surface area contributed by atoms with E-state index in [4.69, 9.17) is 23.2 Å². The molecule has 2 aromatic carbocycles. The Balaban J connectivity index is 2.26. The maximum absolute atomic E-state index is 14.1. The maximum Gasteiger partial charge on any atom is 0.229 e. The minimum absolute atomic E-state index is 0.00503. The van der Waals surface area contributed by atoms with E-state index in [1.807, 2.05) is 74.2 Å². The Labute approximate surface area is 201 Å². The number of carbonyl (C=O) groups is 2. The third kappa shape index (κ3) is 4.79. The molecule has 170 valence electrons. The Morgan fingerprint density at radius 3 is 2.41 bits per heavy atom. The zero-order valence-electron chi connectivity index (χ0n) is 18.9. The molecule has 2 aromatic rings. The molecule has 0 radical (unpaired) electrons. The van der Waals surface area contributed by atoms with E-state index in [1.165, 1.54) is 0 Å². The molecule has 3 nitrogen and oxygen atoms in total. The summed E-state index contributed by atoms with van der Waals surface area (Å²) in [6.07, 6.45) is 4.68. The standard InChI is InChI=1S/C27H31Cl2NO2/c1-5-14-27(4)16-23(20-8-7-9-22(29)15-20)25(19-10-12-21(28)13-11-19)30(26(27)32)24(6-2)18(3)17-31/h5,7-13,15,17-18,23-25H,1,6,14,16H2,2-4H3/t18-,23+,24?,25+,27-/m0/s1. The second-order valence-corrected chi connectivity index (χ2v) is 9.97. The van der Waals surface area contributed by atoms with Crippen molar-refractivity contribution in [1.82, 2.24) is 4.90 Å². The van der Waals surface area contributed by atoms with Crippen LogP contribution < -0.4 is 0 Å². The summed E-state index contributed by atoms with van der Waals surface area (Å²) in [7, 11) is 0. The van der Waals surface area contributed by atoms with Gasteiger partial charge in [-0.1, -0.05) is 74.3 Å². The largest absolute Gasteiger partial charge is 0.331 e. The first-order valence-corrected chi connectivity index (χ1v) is 11.9. The first-order valence-electron chi connectivity index (χ1n) is 11.2. The molecule has 0 saturated carbocycles. The summed E-state index contributed by atoms with van der Waals surface area (Å²) in [6, 6.07) is 15.1. The SMILES string of the molecule is C=CC[C@@]1(C)C[C@H](c2cccc(Cl)c2)[C@@H](c2ccc(Cl)cc2)N(C(CC)[C@@H](C)C=O)C1=O. The van der Waals surface area contributed by atoms with E-state index >= 15 is 0 Å². The third-order valence-electron chi connectivity index (χ3n) is 6.78. The normalized spacial score (nSPS) is 25.3. The molecule has 1 amide bonds. The van der Waals surface area contributed by atoms with Crippen LogP contribution in [0.1, 0.15) is 63.1 Å². The monoisotopic (exact) mass is 471 g/mol. The number of aldehydes is 1. The number of rotatable bonds is 8. The van der Waals surface area contributed by atoms with Gasteiger partial charge in [0, 0.05) is 27.9 Å². The second-order valence-electron chi connectivity index (χ2n) is 9.10. The van der Waals surface area contributed by atoms with Crippen LogP contribution in [0, 0.1) is 11.3 Å². The topological polar surface area (TPSA) is 37.4 Å². The van der Waals surface area contributed by atoms with Crippen molar-refractivity contribution < 1.29 is 9.59 Å². The fourth-order valence-corrected chi connectivity index (χ4v) is 5.49. The van der Waals surface area contributed by atoms with Gasteiger partial charge >= 0.3 is 0 Å². The quantitative estimate of drug-likeness (QED) is 0.300. The maximum atomic E-state index is 14.1. The van der Waals surface area contributed by atoms with E-state index in [0.29, 0.717) is 29.3 Å². The molecule has 3 rings (SSSR count). The summed E-state index contributed by atoms with van der Waals surface area (Å²) < 4.78 is 0. The van der Waals surface area contributed by atoms with Gasteiger partial charge in [-0.2, -0.15) is 0 Å². The number of carbonyl (C=O) groups excluding carboxylic acids is 2. The van der Waals surface area contributed by atoms with Gasteiger partial charge < -0.3 is 9.69 Å². The molecule has 0 spiro atoms. The lowest BCUT2D eigenvalue weighted by Crippen LogP contribution is -2.57. The number of likely N-dealkylation sites (tertiary alicyclic amines) is 1. The molecule has 0 aromatic heterocycles. The predicted octanol–water partition coefficient (Wildman–Crippen LogP) is 7.25. The summed E-state index contributed by atoms with van der Waals surface area (Å²) in [6.45, 7) is 9.85. The van der Waals surface area contributed by atoms with Crippen LogP contribution in [0.25, 0.3) is 0 Å². The first kappa shape index (κ1) is 24.5. The van der Waals surface area contributed by atoms with Gasteiger partial charge in [-0.15, -0.1) is 6.58 Å². The van der Waals surface area contributed by atoms with Crippen LogP contribution in [-0.2, 0) is 9.59 Å². The molecule has 1 aliphatic rings. The van der Waals surface area contributed by atoms with E-state index in [2.05, 4.69) is 12.6 Å². The van der Waals surface area contributed by atoms with Gasteiger partial charge in [-0.05, 0) is 54.7 Å². The lowest BCUT2D eigenvalue weighted by atomic mass is 9.66. The van der Waals surface area contributed by atoms with E-state index in [9.17, 15) is 9.59 Å². The Morgan fingerprint density at radius 2 is 1.84 bits per heavy atom. The number of halogens is 2. The van der Waals surface area contributed by atoms with Gasteiger partial charge in [-0.25, -0.2) is 0 Å². The lowest BCUT2D eigenvalue weighted by molar-refractivity contribution is -0.156. The fraction of sp³-hybridized carbons (Fsp3) is 0.407. The van der Waals surface area contributed by atoms with Gasteiger partial charge in [0.1, 0.15) is 6.29 Å². The van der Waals surface area contributed by atoms with Gasteiger partial charge in [-0.3, -0.25) is 4.79 Å². The summed E-state index contributed by atoms with van der Waals surface area (Å²) in [5.41, 5.74) is 1.47. The van der Waals surface area contributed by atoms with E-state index in [1.54, 1.807) is 0 Å². The minimum Gasteiger partial charge on any atom is -0.331 e. The lowest BCUT2D eigenvalue weighted by Gasteiger charge is -2.52. The van der Waals surface area contributed by atoms with Gasteiger partial charge in [0.25, 0.3) is 0 Å². The fourth-order valence-electron chi connectivity index (χ4n) is 5.17. The van der Waals surface area contributed by atoms with Gasteiger partial charge in [0.05, 0.1) is 11.5 Å². The molecule has 5 heteroatoms. The molecule has 1 fully saturated rings. The van der Waals surface area contributed by atoms with Crippen molar-refractivity contribution in [3.05, 3.63) is 82.4 Å². The molecule has 32 heavy (non-hydrogen) atoms. The van der Waals surface area contributed by atoms with Gasteiger partial charge in [0.2, 0.25) is 5.91 Å². The van der Waals surface area contributed by atoms with Gasteiger partial charge in [0.15, 0.2) is 0 Å². The number of allylic oxidation sites excluding steroid dienone is 1. The number of piperidine rings is 1. The van der Waals surface area contributed by atoms with Crippen molar-refractivity contribution in [2.24, 2.45) is 11.3 Å². The van der Waals surface area contributed by atoms with Crippen LogP contribution in [0.4, 0.5) is 0 Å². The van der Waals surface area contributed by atoms with Crippen LogP contribution in [0.3, 0.4) is 0 Å². The molecule has 0 bridgehead atoms. The third-order valence-corrected chi connectivity index (χ3v) is 7.27. The highest BCUT2D eigenvalue weighted by atomic mass is 35.5. The smallest absolute Gasteiger partial charge is 0.229 e. The number of amides is 1. The Kier molecular flexibility index (Phi) is 7.84. The summed E-state index contributed by atoms with van der Waals surface area (Å²) in [4.78, 5) is 27.9. The average molecular weight is 472 g/mol. The van der Waals surface area contributed by atoms with Crippen LogP contribution in [0.15, 0.2) is 61.2 Å². The van der Waals surface area contributed by atoms with Crippen LogP contribution in [-0.4, -0.2) is 23.1 Å². The molecule has 1 heterocycles. The molecular weight excluding hydrogens is 441 g/mol. The highest BCUT2D eigenvalue weighted by Gasteiger charge is 2.51. The van der Waals surface area contributed by atoms with Crippen LogP contribution >= 0.6 is 23.2 Å². The van der Waals surface area contributed by atoms with Crippen molar-refractivity contribution in [3.8, 4) is 0 Å². The molecule has 1 aliphatic heterocycles. The first-order chi connectivity index (χ1) is 15.3. The number of benzene rings is 2. The Bertz CT molecular complexity index is 974. The summed E-state index contributed by atoms with van der Waals surface area (Å²) in [5, 5.41) is 1.31. The Morgan fingerprint density at radius 1 is 1.16 bits per heavy atom. The molecular formula is C27H31Cl2NO2. The number of hydrogen-bond acceptors (Lipinski definition) is 2. The molecule has 1 saturated heterocycles. The predicted molar refractivity (Wildman–Crippen MR) is 132 cm³/mol. The Hall–Kier alpha value is -2.10. The molecule has 1 unspecified atom stereocenters. The number of nitrogens with zero attached hydrogens (tertiary/aromatic N) is 1. The van der Waals surface area contributed by atoms with Crippen LogP contribution in [0.2, 0.25) is 10.0 Å². The minimum atomic E-state index is -0.617. The summed E-state index contributed by atoms with van der Waals surface area (Å²) >= 11 is 12.6. The molecule has 0 N–H and O–H groups in total. The van der Waals surface area contributed by atoms with Crippen molar-refractivity contribution >= 4 is 35.4 Å². The second kappa shape index (κ2) is 10.2. The average Bonchev–Trinajstić information content (AvgIpc) is 2.77.